The third-order valence-electron chi connectivity index (χ3n) is 5.49. The molecule has 2 aliphatic carbocycles. The van der Waals surface area contributed by atoms with Gasteiger partial charge in [0.1, 0.15) is 11.4 Å². The molecule has 0 fully saturated rings. The Morgan fingerprint density at radius 3 is 2.72 bits per heavy atom. The lowest BCUT2D eigenvalue weighted by Crippen LogP contribution is -2.30. The van der Waals surface area contributed by atoms with Gasteiger partial charge in [-0.15, -0.1) is 4.98 Å². The standard InChI is InChI=1S/C21H18N2O2/c1-5-11-8-13-14(10-17(11)24)21(2,3)15-9-16-12(19(15)20(13)25)6-7-18(22-4)23-16/h6-8,10,24H,5,9H2,1-3H3. The second-order valence-corrected chi connectivity index (χ2v) is 7.14. The predicted octanol–water partition coefficient (Wildman–Crippen LogP) is 4.38. The number of aromatic nitrogens is 1. The topological polar surface area (TPSA) is 54.5 Å². The summed E-state index contributed by atoms with van der Waals surface area (Å²) in [4.78, 5) is 21.1. The molecule has 0 atom stereocenters. The number of hydrogen-bond donors (Lipinski definition) is 1. The maximum absolute atomic E-state index is 13.3. The van der Waals surface area contributed by atoms with E-state index in [1.54, 1.807) is 12.1 Å². The molecule has 4 rings (SSSR count). The van der Waals surface area contributed by atoms with Gasteiger partial charge in [0, 0.05) is 28.5 Å². The minimum atomic E-state index is -0.374. The minimum absolute atomic E-state index is 0.00450. The SMILES string of the molecule is [C-]#[N+]c1ccc2c(n1)CC1=C2C(=O)c2cc(CC)c(O)cc2C1(C)C. The van der Waals surface area contributed by atoms with Crippen molar-refractivity contribution in [1.29, 1.82) is 0 Å². The highest BCUT2D eigenvalue weighted by Gasteiger charge is 2.44. The van der Waals surface area contributed by atoms with Gasteiger partial charge in [-0.3, -0.25) is 4.79 Å². The first-order valence-electron chi connectivity index (χ1n) is 8.41. The van der Waals surface area contributed by atoms with Gasteiger partial charge in [0.25, 0.3) is 5.82 Å². The Labute approximate surface area is 146 Å². The number of fused-ring (bicyclic) bond motifs is 3. The fourth-order valence-corrected chi connectivity index (χ4v) is 4.04. The van der Waals surface area contributed by atoms with Crippen molar-refractivity contribution >= 4 is 17.2 Å². The zero-order chi connectivity index (χ0) is 17.9. The fourth-order valence-electron chi connectivity index (χ4n) is 4.04. The number of aromatic hydroxyl groups is 1. The average molecular weight is 330 g/mol. The Balaban J connectivity index is 1.96. The number of carbonyl (C=O) groups is 1. The normalized spacial score (nSPS) is 17.0. The highest BCUT2D eigenvalue weighted by atomic mass is 16.3. The molecule has 0 bridgehead atoms. The number of phenolic OH excluding ortho intramolecular Hbond substituents is 1. The van der Waals surface area contributed by atoms with Crippen molar-refractivity contribution in [2.24, 2.45) is 0 Å². The van der Waals surface area contributed by atoms with E-state index in [4.69, 9.17) is 6.57 Å². The van der Waals surface area contributed by atoms with Crippen molar-refractivity contribution in [2.75, 3.05) is 0 Å². The van der Waals surface area contributed by atoms with Gasteiger partial charge in [-0.25, -0.2) is 0 Å². The first kappa shape index (κ1) is 15.6. The number of carbonyl (C=O) groups excluding carboxylic acids is 1. The number of phenols is 1. The zero-order valence-electron chi connectivity index (χ0n) is 14.5. The van der Waals surface area contributed by atoms with E-state index in [0.29, 0.717) is 24.2 Å². The second kappa shape index (κ2) is 5.03. The molecule has 0 amide bonds. The van der Waals surface area contributed by atoms with Crippen LogP contribution in [0.4, 0.5) is 5.82 Å². The van der Waals surface area contributed by atoms with Crippen LogP contribution in [0.15, 0.2) is 29.8 Å². The van der Waals surface area contributed by atoms with E-state index < -0.39 is 0 Å². The molecule has 124 valence electrons. The number of hydrogen-bond acceptors (Lipinski definition) is 3. The van der Waals surface area contributed by atoms with Crippen LogP contribution in [0, 0.1) is 6.57 Å². The van der Waals surface area contributed by atoms with E-state index in [9.17, 15) is 9.90 Å². The van der Waals surface area contributed by atoms with Crippen LogP contribution < -0.4 is 0 Å². The molecule has 0 radical (unpaired) electrons. The molecule has 2 aliphatic rings. The van der Waals surface area contributed by atoms with E-state index in [-0.39, 0.29) is 16.9 Å². The van der Waals surface area contributed by atoms with Gasteiger partial charge in [-0.2, -0.15) is 0 Å². The van der Waals surface area contributed by atoms with Crippen LogP contribution in [-0.4, -0.2) is 15.9 Å². The molecule has 4 nitrogen and oxygen atoms in total. The first-order valence-corrected chi connectivity index (χ1v) is 8.41. The molecule has 0 unspecified atom stereocenters. The minimum Gasteiger partial charge on any atom is -0.508 e. The molecular formula is C21H18N2O2. The van der Waals surface area contributed by atoms with Crippen molar-refractivity contribution < 1.29 is 9.90 Å². The van der Waals surface area contributed by atoms with Crippen molar-refractivity contribution in [1.82, 2.24) is 4.98 Å². The number of aryl methyl sites for hydroxylation is 1. The number of pyridine rings is 1. The molecule has 2 aromatic rings. The summed E-state index contributed by atoms with van der Waals surface area (Å²) in [6.07, 6.45) is 1.24. The lowest BCUT2D eigenvalue weighted by Gasteiger charge is -2.34. The third-order valence-corrected chi connectivity index (χ3v) is 5.49. The van der Waals surface area contributed by atoms with Crippen molar-refractivity contribution in [3.05, 3.63) is 69.2 Å². The number of Topliss-reactive ketones (excluding diaryl/α,β-unsaturated/α-hetero) is 1. The molecule has 0 saturated heterocycles. The average Bonchev–Trinajstić information content (AvgIpc) is 2.99. The zero-order valence-corrected chi connectivity index (χ0v) is 14.5. The fraction of sp³-hybridized carbons (Fsp3) is 0.286. The lowest BCUT2D eigenvalue weighted by molar-refractivity contribution is 0.105. The lowest BCUT2D eigenvalue weighted by atomic mass is 9.68. The molecule has 1 aromatic carbocycles. The van der Waals surface area contributed by atoms with Crippen molar-refractivity contribution in [2.45, 2.75) is 39.0 Å². The molecule has 1 N–H and O–H groups in total. The Bertz CT molecular complexity index is 1020. The van der Waals surface area contributed by atoms with Gasteiger partial charge in [-0.1, -0.05) is 33.4 Å². The maximum atomic E-state index is 13.3. The van der Waals surface area contributed by atoms with Gasteiger partial charge in [0.05, 0.1) is 0 Å². The monoisotopic (exact) mass is 330 g/mol. The number of rotatable bonds is 1. The molecule has 4 heteroatoms. The number of nitrogens with zero attached hydrogens (tertiary/aromatic N) is 2. The number of ketones is 1. The van der Waals surface area contributed by atoms with Crippen LogP contribution in [0.5, 0.6) is 5.75 Å². The van der Waals surface area contributed by atoms with Gasteiger partial charge in [-0.05, 0) is 41.3 Å². The van der Waals surface area contributed by atoms with Crippen LogP contribution in [0.25, 0.3) is 10.4 Å². The number of benzene rings is 1. The van der Waals surface area contributed by atoms with E-state index in [0.717, 1.165) is 33.5 Å². The molecule has 0 saturated carbocycles. The highest BCUT2D eigenvalue weighted by Crippen LogP contribution is 2.50. The van der Waals surface area contributed by atoms with Crippen LogP contribution >= 0.6 is 0 Å². The smallest absolute Gasteiger partial charge is 0.269 e. The van der Waals surface area contributed by atoms with Crippen LogP contribution in [0.2, 0.25) is 0 Å². The number of allylic oxidation sites excluding steroid dienone is 2. The largest absolute Gasteiger partial charge is 0.508 e. The van der Waals surface area contributed by atoms with Crippen molar-refractivity contribution in [3.63, 3.8) is 0 Å². The summed E-state index contributed by atoms with van der Waals surface area (Å²) in [5.41, 5.74) is 5.34. The summed E-state index contributed by atoms with van der Waals surface area (Å²) in [7, 11) is 0. The maximum Gasteiger partial charge on any atom is 0.269 e. The Hall–Kier alpha value is -2.93. The molecule has 1 aromatic heterocycles. The summed E-state index contributed by atoms with van der Waals surface area (Å²) < 4.78 is 0. The summed E-state index contributed by atoms with van der Waals surface area (Å²) in [5.74, 6) is 0.595. The summed E-state index contributed by atoms with van der Waals surface area (Å²) in [6, 6.07) is 7.10. The first-order chi connectivity index (χ1) is 11.9. The van der Waals surface area contributed by atoms with Gasteiger partial charge in [0.2, 0.25) is 0 Å². The van der Waals surface area contributed by atoms with E-state index in [1.807, 2.05) is 19.1 Å². The summed E-state index contributed by atoms with van der Waals surface area (Å²) in [5, 5.41) is 10.3. The molecular weight excluding hydrogens is 312 g/mol. The second-order valence-electron chi connectivity index (χ2n) is 7.14. The van der Waals surface area contributed by atoms with Gasteiger partial charge in [0.15, 0.2) is 5.78 Å². The van der Waals surface area contributed by atoms with Crippen molar-refractivity contribution in [3.8, 4) is 5.75 Å². The molecule has 25 heavy (non-hydrogen) atoms. The Kier molecular flexibility index (Phi) is 3.14. The van der Waals surface area contributed by atoms with Crippen LogP contribution in [0.3, 0.4) is 0 Å². The molecule has 1 heterocycles. The summed E-state index contributed by atoms with van der Waals surface area (Å²) in [6.45, 7) is 13.3. The Morgan fingerprint density at radius 2 is 2.04 bits per heavy atom. The Morgan fingerprint density at radius 1 is 1.28 bits per heavy atom. The van der Waals surface area contributed by atoms with Crippen LogP contribution in [-0.2, 0) is 18.3 Å². The molecule has 0 aliphatic heterocycles. The molecule has 0 spiro atoms. The highest BCUT2D eigenvalue weighted by molar-refractivity contribution is 6.33. The van der Waals surface area contributed by atoms with E-state index >= 15 is 0 Å². The quantitative estimate of drug-likeness (QED) is 0.789. The van der Waals surface area contributed by atoms with E-state index in [1.165, 1.54) is 0 Å². The predicted molar refractivity (Wildman–Crippen MR) is 96.0 cm³/mol. The third kappa shape index (κ3) is 1.99. The van der Waals surface area contributed by atoms with Gasteiger partial charge < -0.3 is 9.95 Å². The van der Waals surface area contributed by atoms with Crippen LogP contribution in [0.1, 0.15) is 53.5 Å². The van der Waals surface area contributed by atoms with E-state index in [2.05, 4.69) is 23.7 Å². The summed E-state index contributed by atoms with van der Waals surface area (Å²) >= 11 is 0. The van der Waals surface area contributed by atoms with Gasteiger partial charge >= 0.3 is 0 Å².